The molecule has 0 bridgehead atoms. The standard InChI is InChI=1S/C13H13N5OS2/c1-7-6-10(14)16-13(15-7)21-8(2)12-17-11(18-19-12)9-4-3-5-20-9/h3-6,8H,1-2H3,(H2,14,15,16)/t8-/m0/s1. The highest BCUT2D eigenvalue weighted by Crippen LogP contribution is 2.33. The van der Waals surface area contributed by atoms with Crippen molar-refractivity contribution in [1.82, 2.24) is 20.1 Å². The zero-order chi connectivity index (χ0) is 14.8. The maximum Gasteiger partial charge on any atom is 0.240 e. The molecule has 0 radical (unpaired) electrons. The van der Waals surface area contributed by atoms with Gasteiger partial charge in [0.05, 0.1) is 10.1 Å². The molecule has 21 heavy (non-hydrogen) atoms. The Morgan fingerprint density at radius 2 is 2.19 bits per heavy atom. The first-order valence-corrected chi connectivity index (χ1v) is 8.03. The number of rotatable bonds is 4. The average molecular weight is 319 g/mol. The van der Waals surface area contributed by atoms with Crippen molar-refractivity contribution in [3.05, 3.63) is 35.2 Å². The van der Waals surface area contributed by atoms with Crippen molar-refractivity contribution in [3.8, 4) is 10.7 Å². The lowest BCUT2D eigenvalue weighted by Gasteiger charge is -2.06. The number of nitrogens with two attached hydrogens (primary N) is 1. The fourth-order valence-corrected chi connectivity index (χ4v) is 3.25. The number of thiophene rings is 1. The summed E-state index contributed by atoms with van der Waals surface area (Å²) in [6, 6.07) is 5.65. The molecule has 0 saturated carbocycles. The minimum absolute atomic E-state index is 0.0487. The molecule has 3 aromatic heterocycles. The second-order valence-electron chi connectivity index (χ2n) is 4.41. The molecule has 3 heterocycles. The van der Waals surface area contributed by atoms with Gasteiger partial charge in [0, 0.05) is 11.8 Å². The van der Waals surface area contributed by atoms with Crippen LogP contribution in [0.15, 0.2) is 33.3 Å². The van der Waals surface area contributed by atoms with E-state index in [4.69, 9.17) is 10.3 Å². The van der Waals surface area contributed by atoms with Crippen LogP contribution in [-0.4, -0.2) is 20.1 Å². The fraction of sp³-hybridized carbons (Fsp3) is 0.231. The molecule has 3 aromatic rings. The highest BCUT2D eigenvalue weighted by atomic mass is 32.2. The number of nitrogen functional groups attached to an aromatic ring is 1. The van der Waals surface area contributed by atoms with Crippen molar-refractivity contribution in [2.24, 2.45) is 0 Å². The molecule has 0 saturated heterocycles. The maximum atomic E-state index is 5.73. The zero-order valence-corrected chi connectivity index (χ0v) is 13.1. The van der Waals surface area contributed by atoms with Crippen LogP contribution in [0.2, 0.25) is 0 Å². The van der Waals surface area contributed by atoms with Gasteiger partial charge >= 0.3 is 0 Å². The molecular formula is C13H13N5OS2. The first-order valence-electron chi connectivity index (χ1n) is 6.27. The van der Waals surface area contributed by atoms with E-state index in [1.807, 2.05) is 31.4 Å². The molecule has 1 atom stereocenters. The molecule has 0 unspecified atom stereocenters. The SMILES string of the molecule is Cc1cc(N)nc(S[C@@H](C)c2nc(-c3cccs3)no2)n1. The van der Waals surface area contributed by atoms with Crippen LogP contribution in [0.4, 0.5) is 5.82 Å². The number of hydrogen-bond donors (Lipinski definition) is 1. The van der Waals surface area contributed by atoms with Crippen LogP contribution in [0.25, 0.3) is 10.7 Å². The summed E-state index contributed by atoms with van der Waals surface area (Å²) in [7, 11) is 0. The molecule has 8 heteroatoms. The molecule has 0 aromatic carbocycles. The average Bonchev–Trinajstić information content (AvgIpc) is 3.09. The Labute approximate surface area is 129 Å². The van der Waals surface area contributed by atoms with Gasteiger partial charge in [-0.25, -0.2) is 9.97 Å². The quantitative estimate of drug-likeness (QED) is 0.582. The predicted octanol–water partition coefficient (Wildman–Crippen LogP) is 3.33. The van der Waals surface area contributed by atoms with Gasteiger partial charge in [0.1, 0.15) is 5.82 Å². The van der Waals surface area contributed by atoms with Crippen LogP contribution in [0.1, 0.15) is 23.8 Å². The van der Waals surface area contributed by atoms with Gasteiger partial charge in [-0.3, -0.25) is 0 Å². The molecule has 0 amide bonds. The van der Waals surface area contributed by atoms with Crippen molar-refractivity contribution in [1.29, 1.82) is 0 Å². The van der Waals surface area contributed by atoms with Crippen LogP contribution in [0.5, 0.6) is 0 Å². The summed E-state index contributed by atoms with van der Waals surface area (Å²) in [6.45, 7) is 3.85. The summed E-state index contributed by atoms with van der Waals surface area (Å²) in [4.78, 5) is 13.9. The number of nitrogens with zero attached hydrogens (tertiary/aromatic N) is 4. The maximum absolute atomic E-state index is 5.73. The van der Waals surface area contributed by atoms with E-state index < -0.39 is 0 Å². The molecule has 3 rings (SSSR count). The van der Waals surface area contributed by atoms with E-state index in [2.05, 4.69) is 20.1 Å². The summed E-state index contributed by atoms with van der Waals surface area (Å²) >= 11 is 3.02. The third-order valence-corrected chi connectivity index (χ3v) is 4.48. The third kappa shape index (κ3) is 3.22. The van der Waals surface area contributed by atoms with Gasteiger partial charge in [0.25, 0.3) is 0 Å². The van der Waals surface area contributed by atoms with E-state index in [-0.39, 0.29) is 5.25 Å². The molecule has 2 N–H and O–H groups in total. The molecule has 0 aliphatic carbocycles. The lowest BCUT2D eigenvalue weighted by Crippen LogP contribution is -1.98. The van der Waals surface area contributed by atoms with Crippen LogP contribution in [0, 0.1) is 6.92 Å². The predicted molar refractivity (Wildman–Crippen MR) is 83.1 cm³/mol. The Morgan fingerprint density at radius 1 is 1.33 bits per heavy atom. The number of hydrogen-bond acceptors (Lipinski definition) is 8. The Bertz CT molecular complexity index is 721. The Morgan fingerprint density at radius 3 is 2.90 bits per heavy atom. The zero-order valence-electron chi connectivity index (χ0n) is 11.5. The second kappa shape index (κ2) is 5.82. The normalized spacial score (nSPS) is 12.5. The molecule has 0 spiro atoms. The molecule has 6 nitrogen and oxygen atoms in total. The van der Waals surface area contributed by atoms with E-state index in [0.29, 0.717) is 22.7 Å². The minimum Gasteiger partial charge on any atom is -0.384 e. The van der Waals surface area contributed by atoms with E-state index in [0.717, 1.165) is 10.6 Å². The molecule has 0 aliphatic heterocycles. The van der Waals surface area contributed by atoms with Crippen molar-refractivity contribution in [3.63, 3.8) is 0 Å². The molecule has 0 aliphatic rings. The summed E-state index contributed by atoms with van der Waals surface area (Å²) in [5, 5.41) is 6.54. The van der Waals surface area contributed by atoms with Gasteiger partial charge in [-0.2, -0.15) is 4.98 Å². The first kappa shape index (κ1) is 14.0. The van der Waals surface area contributed by atoms with Gasteiger partial charge in [0.15, 0.2) is 5.16 Å². The van der Waals surface area contributed by atoms with Gasteiger partial charge in [-0.15, -0.1) is 11.3 Å². The van der Waals surface area contributed by atoms with Crippen LogP contribution in [-0.2, 0) is 0 Å². The Kier molecular flexibility index (Phi) is 3.89. The number of aromatic nitrogens is 4. The Hall–Kier alpha value is -1.93. The van der Waals surface area contributed by atoms with Gasteiger partial charge in [-0.1, -0.05) is 23.0 Å². The third-order valence-electron chi connectivity index (χ3n) is 2.67. The fourth-order valence-electron chi connectivity index (χ4n) is 1.73. The highest BCUT2D eigenvalue weighted by molar-refractivity contribution is 7.99. The van der Waals surface area contributed by atoms with Crippen LogP contribution in [0.3, 0.4) is 0 Å². The van der Waals surface area contributed by atoms with Crippen LogP contribution >= 0.6 is 23.1 Å². The van der Waals surface area contributed by atoms with Gasteiger partial charge < -0.3 is 10.3 Å². The van der Waals surface area contributed by atoms with E-state index in [9.17, 15) is 0 Å². The largest absolute Gasteiger partial charge is 0.384 e. The van der Waals surface area contributed by atoms with Gasteiger partial charge in [-0.05, 0) is 25.3 Å². The summed E-state index contributed by atoms with van der Waals surface area (Å²) in [6.07, 6.45) is 0. The van der Waals surface area contributed by atoms with Crippen LogP contribution < -0.4 is 5.73 Å². The van der Waals surface area contributed by atoms with Gasteiger partial charge in [0.2, 0.25) is 11.7 Å². The smallest absolute Gasteiger partial charge is 0.240 e. The lowest BCUT2D eigenvalue weighted by atomic mass is 10.4. The topological polar surface area (TPSA) is 90.7 Å². The Balaban J connectivity index is 1.77. The lowest BCUT2D eigenvalue weighted by molar-refractivity contribution is 0.381. The van der Waals surface area contributed by atoms with Crippen molar-refractivity contribution in [2.75, 3.05) is 5.73 Å². The molecule has 108 valence electrons. The van der Waals surface area contributed by atoms with E-state index in [1.165, 1.54) is 11.8 Å². The monoisotopic (exact) mass is 319 g/mol. The number of thioether (sulfide) groups is 1. The second-order valence-corrected chi connectivity index (χ2v) is 6.67. The van der Waals surface area contributed by atoms with E-state index >= 15 is 0 Å². The number of anilines is 1. The summed E-state index contributed by atoms with van der Waals surface area (Å²) < 4.78 is 5.32. The first-order chi connectivity index (χ1) is 10.1. The van der Waals surface area contributed by atoms with Crippen molar-refractivity contribution >= 4 is 28.9 Å². The molecular weight excluding hydrogens is 306 g/mol. The highest BCUT2D eigenvalue weighted by Gasteiger charge is 2.18. The minimum atomic E-state index is -0.0487. The summed E-state index contributed by atoms with van der Waals surface area (Å²) in [5.74, 6) is 1.62. The van der Waals surface area contributed by atoms with Crippen molar-refractivity contribution in [2.45, 2.75) is 24.3 Å². The number of aryl methyl sites for hydroxylation is 1. The van der Waals surface area contributed by atoms with E-state index in [1.54, 1.807) is 17.4 Å². The summed E-state index contributed by atoms with van der Waals surface area (Å²) in [5.41, 5.74) is 6.56. The molecule has 0 fully saturated rings. The van der Waals surface area contributed by atoms with Crippen molar-refractivity contribution < 1.29 is 4.52 Å².